The third kappa shape index (κ3) is 4.64. The second kappa shape index (κ2) is 9.32. The van der Waals surface area contributed by atoms with Gasteiger partial charge in [0.05, 0.1) is 23.0 Å². The Hall–Kier alpha value is -2.88. The molecule has 1 aliphatic carbocycles. The minimum Gasteiger partial charge on any atom is -0.396 e. The van der Waals surface area contributed by atoms with Crippen molar-refractivity contribution in [2.45, 2.75) is 36.6 Å². The van der Waals surface area contributed by atoms with Gasteiger partial charge in [-0.3, -0.25) is 4.98 Å². The largest absolute Gasteiger partial charge is 0.396 e. The molecule has 0 radical (unpaired) electrons. The predicted octanol–water partition coefficient (Wildman–Crippen LogP) is 3.36. The summed E-state index contributed by atoms with van der Waals surface area (Å²) in [4.78, 5) is 8.10. The summed E-state index contributed by atoms with van der Waals surface area (Å²) in [6.45, 7) is -0.0600. The number of anilines is 1. The van der Waals surface area contributed by atoms with Crippen LogP contribution in [0.15, 0.2) is 59.8 Å². The number of hydrogen-bond donors (Lipinski definition) is 3. The molecule has 9 heteroatoms. The molecule has 1 aromatic heterocycles. The second-order valence-corrected chi connectivity index (χ2v) is 9.65. The Morgan fingerprint density at radius 3 is 2.56 bits per heavy atom. The van der Waals surface area contributed by atoms with Gasteiger partial charge in [-0.25, -0.2) is 22.5 Å². The number of halogens is 1. The van der Waals surface area contributed by atoms with Crippen LogP contribution >= 0.6 is 0 Å². The molecule has 1 heterocycles. The van der Waals surface area contributed by atoms with E-state index in [-0.39, 0.29) is 34.8 Å². The quantitative estimate of drug-likeness (QED) is 0.523. The number of nitrogens with two attached hydrogens (primary N) is 1. The number of sulfonamides is 1. The lowest BCUT2D eigenvalue weighted by Gasteiger charge is -2.30. The Morgan fingerprint density at radius 1 is 1.06 bits per heavy atom. The zero-order chi connectivity index (χ0) is 22.7. The third-order valence-corrected chi connectivity index (χ3v) is 7.40. The molecule has 2 aromatic carbocycles. The fourth-order valence-electron chi connectivity index (χ4n) is 4.15. The van der Waals surface area contributed by atoms with Crippen LogP contribution < -0.4 is 10.5 Å². The van der Waals surface area contributed by atoms with Crippen molar-refractivity contribution in [1.29, 1.82) is 0 Å². The maximum Gasteiger partial charge on any atom is 0.241 e. The van der Waals surface area contributed by atoms with Crippen molar-refractivity contribution in [3.8, 4) is 22.4 Å². The van der Waals surface area contributed by atoms with Crippen molar-refractivity contribution in [3.05, 3.63) is 60.7 Å². The van der Waals surface area contributed by atoms with Crippen molar-refractivity contribution in [3.63, 3.8) is 0 Å². The lowest BCUT2D eigenvalue weighted by molar-refractivity contribution is 0.164. The second-order valence-electron chi connectivity index (χ2n) is 7.97. The first-order chi connectivity index (χ1) is 15.4. The molecule has 4 N–H and O–H groups in total. The number of nitrogens with one attached hydrogen (secondary N) is 1. The molecule has 0 unspecified atom stereocenters. The molecule has 2 atom stereocenters. The van der Waals surface area contributed by atoms with Crippen molar-refractivity contribution in [1.82, 2.24) is 14.7 Å². The molecule has 1 aliphatic rings. The summed E-state index contributed by atoms with van der Waals surface area (Å²) in [5.41, 5.74) is 6.94. The average molecular weight is 457 g/mol. The maximum atomic E-state index is 14.9. The van der Waals surface area contributed by atoms with Gasteiger partial charge in [-0.05, 0) is 42.5 Å². The van der Waals surface area contributed by atoms with Gasteiger partial charge in [0.15, 0.2) is 0 Å². The molecule has 32 heavy (non-hydrogen) atoms. The van der Waals surface area contributed by atoms with E-state index in [0.717, 1.165) is 19.3 Å². The minimum atomic E-state index is -3.88. The highest BCUT2D eigenvalue weighted by Crippen LogP contribution is 2.32. The number of nitrogen functional groups attached to an aromatic ring is 1. The van der Waals surface area contributed by atoms with Crippen LogP contribution in [0.1, 0.15) is 25.7 Å². The summed E-state index contributed by atoms with van der Waals surface area (Å²) in [7, 11) is -3.88. The predicted molar refractivity (Wildman–Crippen MR) is 120 cm³/mol. The molecule has 1 saturated carbocycles. The summed E-state index contributed by atoms with van der Waals surface area (Å²) < 4.78 is 44.2. The SMILES string of the molecule is Nc1cnc(-c2ccc(-c3ccccc3S(=O)(=O)N[C@H]3CCCC[C@@H]3CO)cc2F)cn1. The molecule has 0 bridgehead atoms. The van der Waals surface area contributed by atoms with Crippen LogP contribution in [0.25, 0.3) is 22.4 Å². The molecule has 3 aromatic rings. The fraction of sp³-hybridized carbons (Fsp3) is 0.304. The topological polar surface area (TPSA) is 118 Å². The van der Waals surface area contributed by atoms with Crippen molar-refractivity contribution >= 4 is 15.8 Å². The number of rotatable bonds is 6. The van der Waals surface area contributed by atoms with Crippen LogP contribution in [0.4, 0.5) is 10.2 Å². The van der Waals surface area contributed by atoms with E-state index in [1.807, 2.05) is 0 Å². The minimum absolute atomic E-state index is 0.0600. The van der Waals surface area contributed by atoms with Gasteiger partial charge >= 0.3 is 0 Å². The van der Waals surface area contributed by atoms with Crippen LogP contribution in [-0.4, -0.2) is 36.1 Å². The fourth-order valence-corrected chi connectivity index (χ4v) is 5.72. The molecule has 0 aliphatic heterocycles. The smallest absolute Gasteiger partial charge is 0.241 e. The normalized spacial score (nSPS) is 19.1. The molecule has 0 spiro atoms. The van der Waals surface area contributed by atoms with Crippen LogP contribution in [0.3, 0.4) is 0 Å². The molecule has 0 amide bonds. The molecule has 1 fully saturated rings. The monoisotopic (exact) mass is 456 g/mol. The summed E-state index contributed by atoms with van der Waals surface area (Å²) in [5, 5.41) is 9.63. The highest BCUT2D eigenvalue weighted by molar-refractivity contribution is 7.89. The van der Waals surface area contributed by atoms with E-state index in [9.17, 15) is 17.9 Å². The van der Waals surface area contributed by atoms with Gasteiger partial charge in [0.1, 0.15) is 11.6 Å². The molecule has 168 valence electrons. The van der Waals surface area contributed by atoms with E-state index in [2.05, 4.69) is 14.7 Å². The van der Waals surface area contributed by atoms with Crippen molar-refractivity contribution in [2.75, 3.05) is 12.3 Å². The maximum absolute atomic E-state index is 14.9. The van der Waals surface area contributed by atoms with Crippen LogP contribution in [0.2, 0.25) is 0 Å². The van der Waals surface area contributed by atoms with Crippen LogP contribution in [0.5, 0.6) is 0 Å². The summed E-state index contributed by atoms with van der Waals surface area (Å²) in [6, 6.07) is 10.7. The van der Waals surface area contributed by atoms with E-state index >= 15 is 0 Å². The van der Waals surface area contributed by atoms with Gasteiger partial charge < -0.3 is 10.8 Å². The standard InChI is InChI=1S/C23H25FN4O3S/c24-19-11-15(9-10-18(19)21-12-27-23(25)13-26-21)17-6-2-4-8-22(17)32(30,31)28-20-7-3-1-5-16(20)14-29/h2,4,6,8-13,16,20,28-29H,1,3,5,7,14H2,(H2,25,27)/t16-,20+/m1/s1. The first kappa shape index (κ1) is 22.3. The number of nitrogens with zero attached hydrogens (tertiary/aromatic N) is 2. The zero-order valence-corrected chi connectivity index (χ0v) is 18.2. The Bertz CT molecular complexity index is 1200. The van der Waals surface area contributed by atoms with E-state index in [4.69, 9.17) is 5.73 Å². The molecular weight excluding hydrogens is 431 g/mol. The van der Waals surface area contributed by atoms with E-state index in [0.29, 0.717) is 23.2 Å². The number of aromatic nitrogens is 2. The van der Waals surface area contributed by atoms with Crippen LogP contribution in [-0.2, 0) is 10.0 Å². The Morgan fingerprint density at radius 2 is 1.84 bits per heavy atom. The first-order valence-electron chi connectivity index (χ1n) is 10.5. The number of benzene rings is 2. The summed E-state index contributed by atoms with van der Waals surface area (Å²) >= 11 is 0. The van der Waals surface area contributed by atoms with Gasteiger partial charge in [-0.1, -0.05) is 37.1 Å². The number of aliphatic hydroxyl groups is 1. The summed E-state index contributed by atoms with van der Waals surface area (Å²) in [5.74, 6) is -0.420. The first-order valence-corrected chi connectivity index (χ1v) is 12.0. The van der Waals surface area contributed by atoms with Gasteiger partial charge in [-0.2, -0.15) is 0 Å². The lowest BCUT2D eigenvalue weighted by Crippen LogP contribution is -2.43. The Balaban J connectivity index is 1.67. The molecular formula is C23H25FN4O3S. The van der Waals surface area contributed by atoms with Crippen molar-refractivity contribution in [2.24, 2.45) is 5.92 Å². The Labute approximate surface area is 186 Å². The van der Waals surface area contributed by atoms with E-state index in [1.54, 1.807) is 30.3 Å². The average Bonchev–Trinajstić information content (AvgIpc) is 2.80. The van der Waals surface area contributed by atoms with Crippen molar-refractivity contribution < 1.29 is 17.9 Å². The lowest BCUT2D eigenvalue weighted by atomic mass is 9.86. The van der Waals surface area contributed by atoms with Gasteiger partial charge in [-0.15, -0.1) is 0 Å². The Kier molecular flexibility index (Phi) is 6.50. The molecule has 0 saturated heterocycles. The van der Waals surface area contributed by atoms with Gasteiger partial charge in [0, 0.05) is 23.8 Å². The number of aliphatic hydroxyl groups excluding tert-OH is 1. The molecule has 4 rings (SSSR count). The highest BCUT2D eigenvalue weighted by atomic mass is 32.2. The third-order valence-electron chi connectivity index (χ3n) is 5.85. The van der Waals surface area contributed by atoms with Gasteiger partial charge in [0.25, 0.3) is 0 Å². The summed E-state index contributed by atoms with van der Waals surface area (Å²) in [6.07, 6.45) is 6.08. The van der Waals surface area contributed by atoms with E-state index < -0.39 is 15.8 Å². The highest BCUT2D eigenvalue weighted by Gasteiger charge is 2.30. The van der Waals surface area contributed by atoms with Crippen LogP contribution in [0, 0.1) is 11.7 Å². The van der Waals surface area contributed by atoms with Gasteiger partial charge in [0.2, 0.25) is 10.0 Å². The number of hydrogen-bond acceptors (Lipinski definition) is 6. The molecule has 7 nitrogen and oxygen atoms in total. The zero-order valence-electron chi connectivity index (χ0n) is 17.4. The van der Waals surface area contributed by atoms with E-state index in [1.165, 1.54) is 24.5 Å².